The molecule has 1 aromatic carbocycles. The van der Waals surface area contributed by atoms with E-state index in [1.54, 1.807) is 0 Å². The molecule has 2 fully saturated rings. The Morgan fingerprint density at radius 3 is 1.90 bits per heavy atom. The van der Waals surface area contributed by atoms with Gasteiger partial charge in [0, 0.05) is 22.7 Å². The summed E-state index contributed by atoms with van der Waals surface area (Å²) in [5.74, 6) is 0.241. The second-order valence-corrected chi connectivity index (χ2v) is 6.92. The van der Waals surface area contributed by atoms with Crippen LogP contribution in [0.1, 0.15) is 61.7 Å². The van der Waals surface area contributed by atoms with Gasteiger partial charge in [0.2, 0.25) is 0 Å². The number of halogens is 1. The smallest absolute Gasteiger partial charge is 0.176 e. The van der Waals surface area contributed by atoms with Gasteiger partial charge in [-0.15, -0.1) is 0 Å². The highest BCUT2D eigenvalue weighted by atomic mass is 35.5. The number of carbonyl (C=O) groups is 1. The Bertz CT molecular complexity index is 456. The van der Waals surface area contributed by atoms with Gasteiger partial charge in [0.1, 0.15) is 0 Å². The van der Waals surface area contributed by atoms with E-state index < -0.39 is 0 Å². The number of rotatable bonds is 5. The van der Waals surface area contributed by atoms with Crippen LogP contribution in [0, 0.1) is 0 Å². The molecule has 0 spiro atoms. The number of hydrogen-bond acceptors (Lipinski definition) is 2. The lowest BCUT2D eigenvalue weighted by molar-refractivity contribution is 0.0815. The zero-order chi connectivity index (χ0) is 14.7. The van der Waals surface area contributed by atoms with Crippen molar-refractivity contribution in [2.75, 3.05) is 6.54 Å². The van der Waals surface area contributed by atoms with Gasteiger partial charge in [-0.2, -0.15) is 0 Å². The van der Waals surface area contributed by atoms with Gasteiger partial charge in [0.25, 0.3) is 0 Å². The normalized spacial score (nSPS) is 20.5. The zero-order valence-corrected chi connectivity index (χ0v) is 13.3. The van der Waals surface area contributed by atoms with Crippen molar-refractivity contribution in [3.05, 3.63) is 34.9 Å². The van der Waals surface area contributed by atoms with E-state index in [4.69, 9.17) is 11.6 Å². The monoisotopic (exact) mass is 305 g/mol. The molecule has 0 aromatic heterocycles. The average molecular weight is 306 g/mol. The first-order valence-electron chi connectivity index (χ1n) is 8.28. The molecule has 0 N–H and O–H groups in total. The van der Waals surface area contributed by atoms with Crippen LogP contribution in [0.2, 0.25) is 5.02 Å². The highest BCUT2D eigenvalue weighted by Gasteiger charge is 2.31. The summed E-state index contributed by atoms with van der Waals surface area (Å²) in [4.78, 5) is 15.1. The van der Waals surface area contributed by atoms with Crippen molar-refractivity contribution in [2.45, 2.75) is 63.5 Å². The predicted octanol–water partition coefficient (Wildman–Crippen LogP) is 4.71. The molecule has 21 heavy (non-hydrogen) atoms. The van der Waals surface area contributed by atoms with Gasteiger partial charge in [-0.3, -0.25) is 9.69 Å². The summed E-state index contributed by atoms with van der Waals surface area (Å²) in [7, 11) is 0. The number of benzene rings is 1. The number of nitrogens with zero attached hydrogens (tertiary/aromatic N) is 1. The largest absolute Gasteiger partial charge is 0.293 e. The predicted molar refractivity (Wildman–Crippen MR) is 87.0 cm³/mol. The van der Waals surface area contributed by atoms with E-state index in [2.05, 4.69) is 4.90 Å². The molecule has 2 aliphatic rings. The first-order valence-corrected chi connectivity index (χ1v) is 8.66. The summed E-state index contributed by atoms with van der Waals surface area (Å²) in [6.45, 7) is 0.580. The van der Waals surface area contributed by atoms with Gasteiger partial charge >= 0.3 is 0 Å². The van der Waals surface area contributed by atoms with Crippen LogP contribution in [0.3, 0.4) is 0 Å². The molecular formula is C18H24ClNO. The lowest BCUT2D eigenvalue weighted by Gasteiger charge is -2.33. The molecule has 0 bridgehead atoms. The maximum Gasteiger partial charge on any atom is 0.176 e. The van der Waals surface area contributed by atoms with Crippen molar-refractivity contribution in [1.29, 1.82) is 0 Å². The average Bonchev–Trinajstić information content (AvgIpc) is 3.19. The zero-order valence-electron chi connectivity index (χ0n) is 12.6. The SMILES string of the molecule is O=C(CN(C1CCCC1)C1CCCC1)c1ccc(Cl)cc1. The molecule has 0 saturated heterocycles. The fraction of sp³-hybridized carbons (Fsp3) is 0.611. The van der Waals surface area contributed by atoms with Crippen LogP contribution in [0.5, 0.6) is 0 Å². The van der Waals surface area contributed by atoms with E-state index in [-0.39, 0.29) is 5.78 Å². The number of ketones is 1. The van der Waals surface area contributed by atoms with Gasteiger partial charge in [-0.25, -0.2) is 0 Å². The van der Waals surface area contributed by atoms with Gasteiger partial charge in [-0.05, 0) is 49.9 Å². The highest BCUT2D eigenvalue weighted by molar-refractivity contribution is 6.30. The van der Waals surface area contributed by atoms with Crippen molar-refractivity contribution in [3.63, 3.8) is 0 Å². The molecule has 3 heteroatoms. The third kappa shape index (κ3) is 3.67. The fourth-order valence-electron chi connectivity index (χ4n) is 3.92. The molecule has 3 rings (SSSR count). The summed E-state index contributed by atoms with van der Waals surface area (Å²) in [6, 6.07) is 8.58. The molecule has 2 saturated carbocycles. The van der Waals surface area contributed by atoms with E-state index in [0.29, 0.717) is 23.7 Å². The Labute approximate surface area is 132 Å². The topological polar surface area (TPSA) is 20.3 Å². The summed E-state index contributed by atoms with van der Waals surface area (Å²) < 4.78 is 0. The Hall–Kier alpha value is -0.860. The Morgan fingerprint density at radius 1 is 0.952 bits per heavy atom. The van der Waals surface area contributed by atoms with Gasteiger partial charge in [-0.1, -0.05) is 37.3 Å². The number of hydrogen-bond donors (Lipinski definition) is 0. The maximum absolute atomic E-state index is 12.6. The molecule has 0 amide bonds. The molecule has 2 nitrogen and oxygen atoms in total. The van der Waals surface area contributed by atoms with Crippen molar-refractivity contribution in [1.82, 2.24) is 4.90 Å². The third-order valence-electron chi connectivity index (χ3n) is 5.08. The van der Waals surface area contributed by atoms with Crippen LogP contribution in [-0.4, -0.2) is 29.3 Å². The second-order valence-electron chi connectivity index (χ2n) is 6.48. The van der Waals surface area contributed by atoms with Crippen LogP contribution in [0.15, 0.2) is 24.3 Å². The highest BCUT2D eigenvalue weighted by Crippen LogP contribution is 2.31. The van der Waals surface area contributed by atoms with Crippen LogP contribution in [0.4, 0.5) is 0 Å². The van der Waals surface area contributed by atoms with Crippen molar-refractivity contribution in [3.8, 4) is 0 Å². The maximum atomic E-state index is 12.6. The molecule has 0 heterocycles. The number of carbonyl (C=O) groups excluding carboxylic acids is 1. The standard InChI is InChI=1S/C18H24ClNO/c19-15-11-9-14(10-12-15)18(21)13-20(16-5-1-2-6-16)17-7-3-4-8-17/h9-12,16-17H,1-8,13H2. The van der Waals surface area contributed by atoms with Gasteiger partial charge < -0.3 is 0 Å². The third-order valence-corrected chi connectivity index (χ3v) is 5.33. The van der Waals surface area contributed by atoms with Gasteiger partial charge in [0.15, 0.2) is 5.78 Å². The van der Waals surface area contributed by atoms with Crippen molar-refractivity contribution >= 4 is 17.4 Å². The van der Waals surface area contributed by atoms with Gasteiger partial charge in [0.05, 0.1) is 6.54 Å². The quantitative estimate of drug-likeness (QED) is 0.734. The molecule has 2 aliphatic carbocycles. The van der Waals surface area contributed by atoms with Crippen LogP contribution in [0.25, 0.3) is 0 Å². The lowest BCUT2D eigenvalue weighted by Crippen LogP contribution is -2.43. The van der Waals surface area contributed by atoms with E-state index in [0.717, 1.165) is 5.56 Å². The van der Waals surface area contributed by atoms with Crippen molar-refractivity contribution < 1.29 is 4.79 Å². The van der Waals surface area contributed by atoms with E-state index in [9.17, 15) is 4.79 Å². The number of Topliss-reactive ketones (excluding diaryl/α,β-unsaturated/α-hetero) is 1. The summed E-state index contributed by atoms with van der Waals surface area (Å²) >= 11 is 5.91. The minimum atomic E-state index is 0.241. The Kier molecular flexibility index (Phi) is 4.97. The van der Waals surface area contributed by atoms with Crippen LogP contribution in [-0.2, 0) is 0 Å². The van der Waals surface area contributed by atoms with E-state index in [1.807, 2.05) is 24.3 Å². The summed E-state index contributed by atoms with van der Waals surface area (Å²) in [5.41, 5.74) is 0.792. The fourth-order valence-corrected chi connectivity index (χ4v) is 4.05. The minimum Gasteiger partial charge on any atom is -0.293 e. The molecule has 0 atom stereocenters. The van der Waals surface area contributed by atoms with E-state index in [1.165, 1.54) is 51.4 Å². The van der Waals surface area contributed by atoms with Crippen LogP contribution >= 0.6 is 11.6 Å². The summed E-state index contributed by atoms with van der Waals surface area (Å²) in [5, 5.41) is 0.690. The Morgan fingerprint density at radius 2 is 1.43 bits per heavy atom. The second kappa shape index (κ2) is 6.93. The molecule has 1 aromatic rings. The lowest BCUT2D eigenvalue weighted by atomic mass is 10.1. The van der Waals surface area contributed by atoms with Crippen LogP contribution < -0.4 is 0 Å². The summed E-state index contributed by atoms with van der Waals surface area (Å²) in [6.07, 6.45) is 10.4. The minimum absolute atomic E-state index is 0.241. The Balaban J connectivity index is 1.70. The molecule has 114 valence electrons. The molecule has 0 aliphatic heterocycles. The first-order chi connectivity index (χ1) is 10.2. The molecular weight excluding hydrogens is 282 g/mol. The van der Waals surface area contributed by atoms with E-state index >= 15 is 0 Å². The van der Waals surface area contributed by atoms with Crippen molar-refractivity contribution in [2.24, 2.45) is 0 Å². The molecule has 0 radical (unpaired) electrons. The molecule has 0 unspecified atom stereocenters. The first kappa shape index (κ1) is 15.1.